The van der Waals surface area contributed by atoms with E-state index < -0.39 is 0 Å². The molecule has 2 rings (SSSR count). The van der Waals surface area contributed by atoms with Gasteiger partial charge in [-0.25, -0.2) is 0 Å². The van der Waals surface area contributed by atoms with Crippen LogP contribution in [-0.2, 0) is 6.54 Å². The molecule has 0 saturated carbocycles. The predicted molar refractivity (Wildman–Crippen MR) is 89.6 cm³/mol. The Labute approximate surface area is 135 Å². The van der Waals surface area contributed by atoms with Gasteiger partial charge in [0.05, 0.1) is 0 Å². The summed E-state index contributed by atoms with van der Waals surface area (Å²) in [6, 6.07) is 10.2. The first kappa shape index (κ1) is 16.1. The zero-order chi connectivity index (χ0) is 15.2. The summed E-state index contributed by atoms with van der Waals surface area (Å²) in [5.41, 5.74) is 2.20. The molecule has 0 saturated heterocycles. The van der Waals surface area contributed by atoms with Gasteiger partial charge in [0, 0.05) is 28.0 Å². The lowest BCUT2D eigenvalue weighted by Crippen LogP contribution is -2.21. The van der Waals surface area contributed by atoms with Crippen molar-refractivity contribution in [3.63, 3.8) is 0 Å². The molecular weight excluding hydrogens is 302 g/mol. The molecule has 0 spiro atoms. The maximum absolute atomic E-state index is 8.81. The minimum absolute atomic E-state index is 0.107. The maximum Gasteiger partial charge on any atom is 0.104 e. The normalized spacial score (nSPS) is 12.0. The number of hydrogen-bond acceptors (Lipinski definition) is 3. The Hall–Kier alpha value is -1.31. The van der Waals surface area contributed by atoms with E-state index in [1.165, 1.54) is 10.4 Å². The van der Waals surface area contributed by atoms with Crippen LogP contribution in [0.3, 0.4) is 0 Å². The second-order valence-electron chi connectivity index (χ2n) is 4.86. The van der Waals surface area contributed by atoms with Crippen molar-refractivity contribution in [2.24, 2.45) is 0 Å². The second kappa shape index (κ2) is 7.63. The van der Waals surface area contributed by atoms with Gasteiger partial charge >= 0.3 is 0 Å². The molecule has 1 unspecified atom stereocenters. The molecule has 1 atom stereocenters. The minimum Gasteiger partial charge on any atom is -0.384 e. The molecule has 1 aromatic heterocycles. The fraction of sp³-hybridized carbons (Fsp3) is 0.294. The Balaban J connectivity index is 2.11. The molecule has 2 aromatic rings. The molecule has 1 N–H and O–H groups in total. The minimum atomic E-state index is -0.107. The lowest BCUT2D eigenvalue weighted by atomic mass is 10.1. The van der Waals surface area contributed by atoms with Crippen LogP contribution in [0.5, 0.6) is 0 Å². The van der Waals surface area contributed by atoms with Crippen LogP contribution in [0.15, 0.2) is 35.7 Å². The molecule has 1 aromatic carbocycles. The van der Waals surface area contributed by atoms with Crippen molar-refractivity contribution in [3.05, 3.63) is 56.7 Å². The second-order valence-corrected chi connectivity index (χ2v) is 6.30. The van der Waals surface area contributed by atoms with E-state index in [2.05, 4.69) is 36.8 Å². The van der Waals surface area contributed by atoms with Gasteiger partial charge in [0.25, 0.3) is 0 Å². The highest BCUT2D eigenvalue weighted by molar-refractivity contribution is 7.10. The molecule has 0 bridgehead atoms. The van der Waals surface area contributed by atoms with Crippen LogP contribution < -0.4 is 0 Å². The van der Waals surface area contributed by atoms with Crippen LogP contribution in [0.2, 0.25) is 5.02 Å². The number of hydrogen-bond donors (Lipinski definition) is 1. The van der Waals surface area contributed by atoms with E-state index in [-0.39, 0.29) is 12.6 Å². The van der Waals surface area contributed by atoms with Crippen LogP contribution in [-0.4, -0.2) is 23.7 Å². The van der Waals surface area contributed by atoms with Gasteiger partial charge in [0.15, 0.2) is 0 Å². The van der Waals surface area contributed by atoms with Crippen molar-refractivity contribution in [2.75, 3.05) is 13.7 Å². The topological polar surface area (TPSA) is 23.5 Å². The van der Waals surface area contributed by atoms with Crippen molar-refractivity contribution >= 4 is 22.9 Å². The number of halogens is 1. The predicted octanol–water partition coefficient (Wildman–Crippen LogP) is 3.94. The largest absolute Gasteiger partial charge is 0.384 e. The van der Waals surface area contributed by atoms with Crippen molar-refractivity contribution in [1.82, 2.24) is 4.90 Å². The first-order chi connectivity index (χ1) is 10.1. The first-order valence-corrected chi connectivity index (χ1v) is 7.99. The standard InChI is InChI=1S/C17H18ClNOS/c1-13(15-5-3-7-16(18)11-15)19(2)12-17-14(6-4-9-20)8-10-21-17/h3,5,7-8,10-11,13,20H,9,12H2,1-2H3. The Morgan fingerprint density at radius 3 is 2.90 bits per heavy atom. The van der Waals surface area contributed by atoms with Crippen molar-refractivity contribution in [2.45, 2.75) is 19.5 Å². The SMILES string of the molecule is CC(c1cccc(Cl)c1)N(C)Cc1sccc1C#CCO. The summed E-state index contributed by atoms with van der Waals surface area (Å²) in [5.74, 6) is 5.71. The summed E-state index contributed by atoms with van der Waals surface area (Å²) in [4.78, 5) is 3.48. The van der Waals surface area contributed by atoms with E-state index in [9.17, 15) is 0 Å². The number of nitrogens with zero attached hydrogens (tertiary/aromatic N) is 1. The fourth-order valence-corrected chi connectivity index (χ4v) is 3.18. The van der Waals surface area contributed by atoms with Gasteiger partial charge in [-0.3, -0.25) is 4.90 Å². The van der Waals surface area contributed by atoms with Gasteiger partial charge in [-0.15, -0.1) is 11.3 Å². The zero-order valence-corrected chi connectivity index (χ0v) is 13.7. The van der Waals surface area contributed by atoms with Crippen molar-refractivity contribution in [3.8, 4) is 11.8 Å². The molecule has 0 aliphatic heterocycles. The maximum atomic E-state index is 8.81. The Morgan fingerprint density at radius 2 is 2.19 bits per heavy atom. The molecule has 0 fully saturated rings. The highest BCUT2D eigenvalue weighted by Gasteiger charge is 2.14. The van der Waals surface area contributed by atoms with Crippen LogP contribution >= 0.6 is 22.9 Å². The summed E-state index contributed by atoms with van der Waals surface area (Å²) in [7, 11) is 2.09. The summed E-state index contributed by atoms with van der Waals surface area (Å²) in [6.45, 7) is 2.88. The summed E-state index contributed by atoms with van der Waals surface area (Å²) < 4.78 is 0. The van der Waals surface area contributed by atoms with Crippen molar-refractivity contribution < 1.29 is 5.11 Å². The molecule has 2 nitrogen and oxygen atoms in total. The smallest absolute Gasteiger partial charge is 0.104 e. The van der Waals surface area contributed by atoms with E-state index in [0.29, 0.717) is 0 Å². The number of benzene rings is 1. The molecule has 0 aliphatic rings. The highest BCUT2D eigenvalue weighted by atomic mass is 35.5. The first-order valence-electron chi connectivity index (χ1n) is 6.73. The quantitative estimate of drug-likeness (QED) is 0.863. The van der Waals surface area contributed by atoms with Gasteiger partial charge in [0.1, 0.15) is 6.61 Å². The van der Waals surface area contributed by atoms with Gasteiger partial charge in [0.2, 0.25) is 0 Å². The van der Waals surface area contributed by atoms with E-state index in [1.807, 2.05) is 29.6 Å². The molecule has 21 heavy (non-hydrogen) atoms. The molecule has 0 aliphatic carbocycles. The summed E-state index contributed by atoms with van der Waals surface area (Å²) >= 11 is 7.75. The lowest BCUT2D eigenvalue weighted by Gasteiger charge is -2.25. The molecule has 1 heterocycles. The van der Waals surface area contributed by atoms with Crippen LogP contribution in [0, 0.1) is 11.8 Å². The number of rotatable bonds is 4. The van der Waals surface area contributed by atoms with Crippen LogP contribution in [0.25, 0.3) is 0 Å². The van der Waals surface area contributed by atoms with Gasteiger partial charge in [-0.1, -0.05) is 35.6 Å². The summed E-state index contributed by atoms with van der Waals surface area (Å²) in [6.07, 6.45) is 0. The molecule has 4 heteroatoms. The third kappa shape index (κ3) is 4.33. The Kier molecular flexibility index (Phi) is 5.84. The molecule has 110 valence electrons. The highest BCUT2D eigenvalue weighted by Crippen LogP contribution is 2.25. The number of thiophene rings is 1. The van der Waals surface area contributed by atoms with E-state index in [1.54, 1.807) is 11.3 Å². The molecule has 0 radical (unpaired) electrons. The van der Waals surface area contributed by atoms with E-state index in [0.717, 1.165) is 17.1 Å². The average molecular weight is 320 g/mol. The Bertz CT molecular complexity index is 656. The Morgan fingerprint density at radius 1 is 1.38 bits per heavy atom. The zero-order valence-electron chi connectivity index (χ0n) is 12.1. The monoisotopic (exact) mass is 319 g/mol. The van der Waals surface area contributed by atoms with Crippen molar-refractivity contribution in [1.29, 1.82) is 0 Å². The summed E-state index contributed by atoms with van der Waals surface area (Å²) in [5, 5.41) is 11.6. The number of aliphatic hydroxyl groups excluding tert-OH is 1. The third-order valence-electron chi connectivity index (χ3n) is 3.43. The van der Waals surface area contributed by atoms with E-state index >= 15 is 0 Å². The van der Waals surface area contributed by atoms with Crippen LogP contribution in [0.1, 0.15) is 29.0 Å². The van der Waals surface area contributed by atoms with Gasteiger partial charge in [-0.2, -0.15) is 0 Å². The van der Waals surface area contributed by atoms with Gasteiger partial charge < -0.3 is 5.11 Å². The number of aliphatic hydroxyl groups is 1. The lowest BCUT2D eigenvalue weighted by molar-refractivity contribution is 0.255. The molecule has 0 amide bonds. The van der Waals surface area contributed by atoms with Crippen LogP contribution in [0.4, 0.5) is 0 Å². The fourth-order valence-electron chi connectivity index (χ4n) is 2.09. The van der Waals surface area contributed by atoms with E-state index in [4.69, 9.17) is 16.7 Å². The average Bonchev–Trinajstić information content (AvgIpc) is 2.91. The molecular formula is C17H18ClNOS. The third-order valence-corrected chi connectivity index (χ3v) is 4.57. The van der Waals surface area contributed by atoms with Gasteiger partial charge in [-0.05, 0) is 43.1 Å².